The minimum atomic E-state index is -1.04. The molecule has 0 bridgehead atoms. The van der Waals surface area contributed by atoms with Gasteiger partial charge in [-0.15, -0.1) is 11.3 Å². The molecule has 1 unspecified atom stereocenters. The van der Waals surface area contributed by atoms with Crippen molar-refractivity contribution < 1.29 is 19.4 Å². The summed E-state index contributed by atoms with van der Waals surface area (Å²) in [6, 6.07) is 0. The predicted octanol–water partition coefficient (Wildman–Crippen LogP) is 1.80. The van der Waals surface area contributed by atoms with Crippen LogP contribution in [0.4, 0.5) is 5.69 Å². The van der Waals surface area contributed by atoms with Crippen LogP contribution in [0.15, 0.2) is 5.38 Å². The quantitative estimate of drug-likeness (QED) is 0.827. The summed E-state index contributed by atoms with van der Waals surface area (Å²) in [6.07, 6.45) is -0.625. The van der Waals surface area contributed by atoms with E-state index in [2.05, 4.69) is 5.32 Å². The van der Waals surface area contributed by atoms with Crippen molar-refractivity contribution >= 4 is 28.9 Å². The summed E-state index contributed by atoms with van der Waals surface area (Å²) >= 11 is 1.05. The number of hydrogen-bond donors (Lipinski definition) is 2. The Morgan fingerprint density at radius 3 is 2.88 bits per heavy atom. The number of carbonyl (C=O) groups is 2. The Morgan fingerprint density at radius 1 is 1.62 bits per heavy atom. The molecule has 5 nitrogen and oxygen atoms in total. The van der Waals surface area contributed by atoms with E-state index in [9.17, 15) is 9.59 Å². The smallest absolute Gasteiger partial charge is 0.349 e. The van der Waals surface area contributed by atoms with Crippen molar-refractivity contribution in [2.45, 2.75) is 20.0 Å². The summed E-state index contributed by atoms with van der Waals surface area (Å²) in [5.74, 6) is -0.993. The summed E-state index contributed by atoms with van der Waals surface area (Å²) in [5.41, 5.74) is 0.448. The third-order valence-electron chi connectivity index (χ3n) is 2.31. The monoisotopic (exact) mass is 241 g/mol. The molecule has 6 heteroatoms. The van der Waals surface area contributed by atoms with Crippen LogP contribution in [-0.4, -0.2) is 23.1 Å². The second-order valence-electron chi connectivity index (χ2n) is 3.88. The maximum atomic E-state index is 11.6. The molecule has 0 saturated carbocycles. The highest BCUT2D eigenvalue weighted by atomic mass is 32.1. The Kier molecular flexibility index (Phi) is 2.59. The number of carboxylic acids is 1. The molecule has 1 aromatic rings. The van der Waals surface area contributed by atoms with Gasteiger partial charge in [0.2, 0.25) is 0 Å². The van der Waals surface area contributed by atoms with Crippen molar-refractivity contribution in [1.82, 2.24) is 0 Å². The fourth-order valence-corrected chi connectivity index (χ4v) is 2.29. The molecule has 1 aliphatic rings. The van der Waals surface area contributed by atoms with Gasteiger partial charge in [-0.25, -0.2) is 4.79 Å². The minimum Gasteiger partial charge on any atom is -0.477 e. The number of amides is 1. The average Bonchev–Trinajstić information content (AvgIpc) is 2.58. The molecule has 0 aliphatic carbocycles. The van der Waals surface area contributed by atoms with Gasteiger partial charge in [-0.2, -0.15) is 0 Å². The minimum absolute atomic E-state index is 0.00491. The lowest BCUT2D eigenvalue weighted by molar-refractivity contribution is -0.125. The van der Waals surface area contributed by atoms with Gasteiger partial charge in [0.05, 0.1) is 5.69 Å². The lowest BCUT2D eigenvalue weighted by Crippen LogP contribution is -2.40. The van der Waals surface area contributed by atoms with Crippen molar-refractivity contribution in [3.05, 3.63) is 10.3 Å². The van der Waals surface area contributed by atoms with Crippen molar-refractivity contribution in [2.24, 2.45) is 5.92 Å². The van der Waals surface area contributed by atoms with Crippen LogP contribution in [0.2, 0.25) is 0 Å². The van der Waals surface area contributed by atoms with Gasteiger partial charge in [-0.1, -0.05) is 13.8 Å². The van der Waals surface area contributed by atoms with Crippen LogP contribution < -0.4 is 10.1 Å². The molecule has 0 saturated heterocycles. The number of carboxylic acid groups (broad SMARTS) is 1. The molecule has 1 aliphatic heterocycles. The SMILES string of the molecule is CC(C)C1Oc2c(csc2C(=O)O)NC1=O. The van der Waals surface area contributed by atoms with Crippen molar-refractivity contribution in [3.63, 3.8) is 0 Å². The standard InChI is InChI=1S/C10H11NO4S/c1-4(2)6-9(12)11-5-3-16-8(10(13)14)7(5)15-6/h3-4,6H,1-2H3,(H,11,12)(H,13,14). The summed E-state index contributed by atoms with van der Waals surface area (Å²) in [6.45, 7) is 3.70. The van der Waals surface area contributed by atoms with Gasteiger partial charge in [0.1, 0.15) is 0 Å². The van der Waals surface area contributed by atoms with Crippen LogP contribution in [0.1, 0.15) is 23.5 Å². The Labute approximate surface area is 96.0 Å². The number of aromatic carboxylic acids is 1. The number of fused-ring (bicyclic) bond motifs is 1. The zero-order valence-corrected chi connectivity index (χ0v) is 9.63. The first-order valence-corrected chi connectivity index (χ1v) is 5.71. The largest absolute Gasteiger partial charge is 0.477 e. The highest BCUT2D eigenvalue weighted by Crippen LogP contribution is 2.39. The molecule has 2 rings (SSSR count). The van der Waals surface area contributed by atoms with Gasteiger partial charge in [-0.05, 0) is 5.92 Å². The van der Waals surface area contributed by atoms with E-state index in [1.54, 1.807) is 5.38 Å². The van der Waals surface area contributed by atoms with E-state index in [0.717, 1.165) is 11.3 Å². The van der Waals surface area contributed by atoms with Crippen molar-refractivity contribution in [2.75, 3.05) is 5.32 Å². The van der Waals surface area contributed by atoms with Crippen LogP contribution in [0, 0.1) is 5.92 Å². The highest BCUT2D eigenvalue weighted by Gasteiger charge is 2.34. The third-order valence-corrected chi connectivity index (χ3v) is 3.26. The number of anilines is 1. The molecule has 0 aromatic carbocycles. The number of nitrogens with one attached hydrogen (secondary N) is 1. The molecule has 0 fully saturated rings. The van der Waals surface area contributed by atoms with Gasteiger partial charge >= 0.3 is 5.97 Å². The first-order chi connectivity index (χ1) is 7.50. The van der Waals surface area contributed by atoms with Gasteiger partial charge in [0, 0.05) is 5.38 Å². The Bertz CT molecular complexity index is 452. The molecule has 2 heterocycles. The number of hydrogen-bond acceptors (Lipinski definition) is 4. The van der Waals surface area contributed by atoms with Gasteiger partial charge in [0.15, 0.2) is 16.7 Å². The number of thiophene rings is 1. The van der Waals surface area contributed by atoms with Gasteiger partial charge < -0.3 is 15.2 Å². The molecule has 2 N–H and O–H groups in total. The van der Waals surface area contributed by atoms with E-state index in [1.165, 1.54) is 0 Å². The predicted molar refractivity (Wildman–Crippen MR) is 59.2 cm³/mol. The number of carbonyl (C=O) groups excluding carboxylic acids is 1. The lowest BCUT2D eigenvalue weighted by atomic mass is 10.1. The van der Waals surface area contributed by atoms with Crippen LogP contribution in [0.5, 0.6) is 5.75 Å². The van der Waals surface area contributed by atoms with E-state index < -0.39 is 12.1 Å². The van der Waals surface area contributed by atoms with E-state index in [1.807, 2.05) is 13.8 Å². The Hall–Kier alpha value is -1.56. The molecule has 1 amide bonds. The fraction of sp³-hybridized carbons (Fsp3) is 0.400. The van der Waals surface area contributed by atoms with Crippen LogP contribution in [0.25, 0.3) is 0 Å². The molecule has 1 atom stereocenters. The van der Waals surface area contributed by atoms with E-state index in [-0.39, 0.29) is 22.5 Å². The molecule has 0 spiro atoms. The fourth-order valence-electron chi connectivity index (χ4n) is 1.52. The van der Waals surface area contributed by atoms with Crippen LogP contribution in [-0.2, 0) is 4.79 Å². The second kappa shape index (κ2) is 3.79. The average molecular weight is 241 g/mol. The number of ether oxygens (including phenoxy) is 1. The molecule has 86 valence electrons. The first-order valence-electron chi connectivity index (χ1n) is 4.83. The Balaban J connectivity index is 2.39. The van der Waals surface area contributed by atoms with E-state index >= 15 is 0 Å². The third kappa shape index (κ3) is 1.65. The zero-order chi connectivity index (χ0) is 11.9. The molecule has 1 aromatic heterocycles. The van der Waals surface area contributed by atoms with Crippen molar-refractivity contribution in [3.8, 4) is 5.75 Å². The molecule has 0 radical (unpaired) electrons. The van der Waals surface area contributed by atoms with E-state index in [0.29, 0.717) is 5.69 Å². The summed E-state index contributed by atoms with van der Waals surface area (Å²) in [4.78, 5) is 22.6. The summed E-state index contributed by atoms with van der Waals surface area (Å²) in [5, 5.41) is 13.2. The van der Waals surface area contributed by atoms with Gasteiger partial charge in [-0.3, -0.25) is 4.79 Å². The molecular weight excluding hydrogens is 230 g/mol. The van der Waals surface area contributed by atoms with Crippen LogP contribution in [0.3, 0.4) is 0 Å². The van der Waals surface area contributed by atoms with Gasteiger partial charge in [0.25, 0.3) is 5.91 Å². The number of rotatable bonds is 2. The first kappa shape index (κ1) is 10.9. The highest BCUT2D eigenvalue weighted by molar-refractivity contribution is 7.13. The van der Waals surface area contributed by atoms with E-state index in [4.69, 9.17) is 9.84 Å². The second-order valence-corrected chi connectivity index (χ2v) is 4.76. The Morgan fingerprint density at radius 2 is 2.31 bits per heavy atom. The molecular formula is C10H11NO4S. The van der Waals surface area contributed by atoms with Crippen LogP contribution >= 0.6 is 11.3 Å². The maximum Gasteiger partial charge on any atom is 0.349 e. The van der Waals surface area contributed by atoms with Crippen molar-refractivity contribution in [1.29, 1.82) is 0 Å². The maximum absolute atomic E-state index is 11.6. The lowest BCUT2D eigenvalue weighted by Gasteiger charge is -2.26. The zero-order valence-electron chi connectivity index (χ0n) is 8.81. The summed E-state index contributed by atoms with van der Waals surface area (Å²) < 4.78 is 5.46. The topological polar surface area (TPSA) is 75.6 Å². The molecule has 16 heavy (non-hydrogen) atoms. The summed E-state index contributed by atoms with van der Waals surface area (Å²) in [7, 11) is 0. The normalized spacial score (nSPS) is 18.9.